The third kappa shape index (κ3) is 9.57. The molecule has 6 nitrogen and oxygen atoms in total. The normalized spacial score (nSPS) is 22.4. The first-order valence-electron chi connectivity index (χ1n) is 12.4. The van der Waals surface area contributed by atoms with E-state index in [1.54, 1.807) is 0 Å². The molecule has 2 fully saturated rings. The third-order valence-corrected chi connectivity index (χ3v) is 8.08. The van der Waals surface area contributed by atoms with Crippen LogP contribution in [0.15, 0.2) is 58.5 Å². The number of anilines is 1. The number of benzene rings is 2. The molecule has 3 aromatic rings. The van der Waals surface area contributed by atoms with Gasteiger partial charge in [-0.05, 0) is 18.2 Å². The Morgan fingerprint density at radius 1 is 0.900 bits per heavy atom. The summed E-state index contributed by atoms with van der Waals surface area (Å²) in [5.74, 6) is 0. The summed E-state index contributed by atoms with van der Waals surface area (Å²) < 4.78 is 85.1. The quantitative estimate of drug-likeness (QED) is 0.0730. The van der Waals surface area contributed by atoms with E-state index in [2.05, 4.69) is 64.1 Å². The first-order valence-corrected chi connectivity index (χ1v) is 16.1. The number of fused-ring (bicyclic) bond motifs is 2. The Balaban J connectivity index is 0.000000411. The Kier molecular flexibility index (Phi) is 8.16. The Bertz CT molecular complexity index is 1370. The van der Waals surface area contributed by atoms with Gasteiger partial charge < -0.3 is 23.8 Å². The van der Waals surface area contributed by atoms with Crippen LogP contribution in [-0.4, -0.2) is 58.4 Å². The first kappa shape index (κ1) is 29.6. The first-order chi connectivity index (χ1) is 18.8. The van der Waals surface area contributed by atoms with Crippen molar-refractivity contribution in [3.63, 3.8) is 0 Å². The number of para-hydroxylation sites is 2. The summed E-state index contributed by atoms with van der Waals surface area (Å²) in [6.45, 7) is 6.02. The molecule has 6 rings (SSSR count). The number of hydrogen-bond donors (Lipinski definition) is 0. The molecule has 1 aromatic heterocycles. The second-order valence-electron chi connectivity index (χ2n) is 9.28. The number of rotatable bonds is 11. The molecule has 2 atom stereocenters. The zero-order valence-electron chi connectivity index (χ0n) is 21.1. The van der Waals surface area contributed by atoms with Crippen molar-refractivity contribution < 1.29 is 48.7 Å². The van der Waals surface area contributed by atoms with Crippen LogP contribution in [0.25, 0.3) is 16.3 Å². The van der Waals surface area contributed by atoms with E-state index >= 15 is 0 Å². The molecule has 220 valence electrons. The van der Waals surface area contributed by atoms with E-state index in [-0.39, 0.29) is 0 Å². The van der Waals surface area contributed by atoms with Gasteiger partial charge in [-0.3, -0.25) is 0 Å². The fourth-order valence-corrected chi connectivity index (χ4v) is 6.28. The van der Waals surface area contributed by atoms with Crippen LogP contribution >= 0.6 is 30.9 Å². The van der Waals surface area contributed by atoms with E-state index in [4.69, 9.17) is 18.9 Å². The predicted molar refractivity (Wildman–Crippen MR) is 144 cm³/mol. The Labute approximate surface area is 234 Å². The molecule has 0 saturated carbocycles. The van der Waals surface area contributed by atoms with Gasteiger partial charge in [0.1, 0.15) is 23.5 Å². The van der Waals surface area contributed by atoms with E-state index in [1.807, 2.05) is 23.1 Å². The summed E-state index contributed by atoms with van der Waals surface area (Å²) in [6, 6.07) is 17.2. The van der Waals surface area contributed by atoms with Gasteiger partial charge in [0.25, 0.3) is 5.01 Å². The Morgan fingerprint density at radius 2 is 1.50 bits per heavy atom. The van der Waals surface area contributed by atoms with Crippen LogP contribution in [-0.2, 0) is 25.5 Å². The van der Waals surface area contributed by atoms with Gasteiger partial charge in [-0.2, -0.15) is 4.57 Å². The zero-order chi connectivity index (χ0) is 28.4. The fourth-order valence-electron chi connectivity index (χ4n) is 3.96. The second-order valence-corrected chi connectivity index (χ2v) is 13.3. The molecule has 2 aromatic carbocycles. The van der Waals surface area contributed by atoms with Crippen molar-refractivity contribution in [1.82, 2.24) is 0 Å². The summed E-state index contributed by atoms with van der Waals surface area (Å²) in [5.41, 5.74) is 2.50. The SMILES string of the molecule is C(=C1Sc2ccccc2N1CCOCC1CO1)c1sc2ccccc2[n+]1CCOCC1CO1.F[P-](F)(F)(F)(F)F. The standard InChI is InChI=1S/C25H27N2O4S2.F6P/c1-3-7-22-20(5-1)26(9-11-28-14-18-16-30-18)24(32-22)13-25-27(10-12-29-15-19-17-31-19)21-6-2-4-8-23(21)33-25;1-7(2,3,4,5)6/h1-8,13,18-19H,9-12,14-17H2;/q+1;-1. The van der Waals surface area contributed by atoms with Gasteiger partial charge in [-0.15, -0.1) is 0 Å². The monoisotopic (exact) mass is 628 g/mol. The molecular weight excluding hydrogens is 601 g/mol. The number of epoxide rings is 2. The molecule has 2 saturated heterocycles. The second kappa shape index (κ2) is 11.0. The number of nitrogens with zero attached hydrogens (tertiary/aromatic N) is 2. The number of hydrogen-bond acceptors (Lipinski definition) is 7. The maximum absolute atomic E-state index is 10.7. The summed E-state index contributed by atoms with van der Waals surface area (Å²) in [7, 11) is -10.7. The summed E-state index contributed by atoms with van der Waals surface area (Å²) in [5, 5.41) is 2.46. The van der Waals surface area contributed by atoms with Crippen LogP contribution in [0.5, 0.6) is 0 Å². The van der Waals surface area contributed by atoms with Crippen LogP contribution in [0.4, 0.5) is 30.9 Å². The molecule has 0 amide bonds. The van der Waals surface area contributed by atoms with Crippen molar-refractivity contribution in [3.05, 3.63) is 58.6 Å². The predicted octanol–water partition coefficient (Wildman–Crippen LogP) is 7.31. The molecule has 0 N–H and O–H groups in total. The third-order valence-electron chi connectivity index (χ3n) is 5.85. The van der Waals surface area contributed by atoms with Gasteiger partial charge in [0.05, 0.1) is 49.8 Å². The van der Waals surface area contributed by atoms with E-state index in [0.717, 1.165) is 26.3 Å². The van der Waals surface area contributed by atoms with E-state index in [9.17, 15) is 25.2 Å². The molecule has 15 heteroatoms. The van der Waals surface area contributed by atoms with E-state index in [0.29, 0.717) is 38.6 Å². The number of aromatic nitrogens is 1. The van der Waals surface area contributed by atoms with Crippen molar-refractivity contribution in [1.29, 1.82) is 0 Å². The van der Waals surface area contributed by atoms with Crippen LogP contribution in [0.3, 0.4) is 0 Å². The molecule has 0 radical (unpaired) electrons. The molecule has 2 unspecified atom stereocenters. The van der Waals surface area contributed by atoms with E-state index < -0.39 is 7.81 Å². The number of halogens is 6. The minimum atomic E-state index is -10.7. The molecule has 0 aliphatic carbocycles. The van der Waals surface area contributed by atoms with Crippen LogP contribution in [0.1, 0.15) is 5.01 Å². The van der Waals surface area contributed by atoms with Crippen molar-refractivity contribution in [2.45, 2.75) is 23.6 Å². The van der Waals surface area contributed by atoms with Crippen molar-refractivity contribution >= 4 is 52.9 Å². The van der Waals surface area contributed by atoms with Gasteiger partial charge in [0.15, 0.2) is 6.54 Å². The van der Waals surface area contributed by atoms with Gasteiger partial charge in [0, 0.05) is 17.5 Å². The summed E-state index contributed by atoms with van der Waals surface area (Å²) >= 11 is 3.65. The van der Waals surface area contributed by atoms with E-state index in [1.165, 1.54) is 30.8 Å². The number of ether oxygens (including phenoxy) is 4. The van der Waals surface area contributed by atoms with Crippen molar-refractivity contribution in [2.24, 2.45) is 0 Å². The van der Waals surface area contributed by atoms with Crippen molar-refractivity contribution in [2.75, 3.05) is 51.1 Å². The average Bonchev–Trinajstić information content (AvgIpc) is 3.79. The molecule has 3 aliphatic rings. The molecule has 4 heterocycles. The van der Waals surface area contributed by atoms with Crippen LogP contribution < -0.4 is 9.47 Å². The van der Waals surface area contributed by atoms with Crippen LogP contribution in [0, 0.1) is 0 Å². The average molecular weight is 629 g/mol. The molecule has 0 bridgehead atoms. The molecular formula is C25H27F6N2O4PS2. The zero-order valence-corrected chi connectivity index (χ0v) is 23.6. The minimum absolute atomic E-state index is 0.298. The summed E-state index contributed by atoms with van der Waals surface area (Å²) in [6.07, 6.45) is 2.92. The van der Waals surface area contributed by atoms with Gasteiger partial charge in [0.2, 0.25) is 5.52 Å². The van der Waals surface area contributed by atoms with Gasteiger partial charge >= 0.3 is 33.0 Å². The fraction of sp³-hybridized carbons (Fsp3) is 0.400. The Morgan fingerprint density at radius 3 is 2.17 bits per heavy atom. The van der Waals surface area contributed by atoms with Crippen LogP contribution in [0.2, 0.25) is 0 Å². The van der Waals surface area contributed by atoms with Gasteiger partial charge in [-0.25, -0.2) is 0 Å². The number of thioether (sulfide) groups is 1. The van der Waals surface area contributed by atoms with Crippen molar-refractivity contribution in [3.8, 4) is 0 Å². The molecule has 40 heavy (non-hydrogen) atoms. The maximum atomic E-state index is 9.87. The molecule has 3 aliphatic heterocycles. The van der Waals surface area contributed by atoms with Gasteiger partial charge in [-0.1, -0.05) is 47.4 Å². The molecule has 0 spiro atoms. The number of thiazole rings is 1. The Hall–Kier alpha value is -1.93. The summed E-state index contributed by atoms with van der Waals surface area (Å²) in [4.78, 5) is 3.67. The topological polar surface area (TPSA) is 50.6 Å².